The molecular weight excluding hydrogens is 470 g/mol. The zero-order chi connectivity index (χ0) is 23.9. The van der Waals surface area contributed by atoms with Gasteiger partial charge in [0.25, 0.3) is 5.91 Å². The van der Waals surface area contributed by atoms with E-state index in [4.69, 9.17) is 5.73 Å². The first kappa shape index (κ1) is 23.5. The molecule has 0 spiro atoms. The van der Waals surface area contributed by atoms with Crippen molar-refractivity contribution in [3.8, 4) is 10.6 Å². The molecule has 1 amide bonds. The number of aromatic nitrogens is 2. The molecule has 1 aromatic carbocycles. The van der Waals surface area contributed by atoms with Gasteiger partial charge in [0, 0.05) is 47.9 Å². The molecule has 4 heterocycles. The highest BCUT2D eigenvalue weighted by atomic mass is 32.2. The van der Waals surface area contributed by atoms with Gasteiger partial charge in [0.05, 0.1) is 16.8 Å². The van der Waals surface area contributed by atoms with Crippen molar-refractivity contribution in [3.05, 3.63) is 40.5 Å². The fourth-order valence-corrected chi connectivity index (χ4v) is 7.29. The Hall–Kier alpha value is -2.27. The predicted molar refractivity (Wildman–Crippen MR) is 135 cm³/mol. The number of nitrogens with two attached hydrogens (primary N) is 1. The lowest BCUT2D eigenvalue weighted by Gasteiger charge is -2.31. The van der Waals surface area contributed by atoms with E-state index in [9.17, 15) is 13.2 Å². The summed E-state index contributed by atoms with van der Waals surface area (Å²) < 4.78 is 26.1. The zero-order valence-electron chi connectivity index (χ0n) is 19.4. The molecule has 2 aliphatic rings. The predicted octanol–water partition coefficient (Wildman–Crippen LogP) is 3.52. The molecule has 5 rings (SSSR count). The lowest BCUT2D eigenvalue weighted by Crippen LogP contribution is -2.38. The van der Waals surface area contributed by atoms with Gasteiger partial charge >= 0.3 is 0 Å². The third-order valence-corrected chi connectivity index (χ3v) is 10.0. The third-order valence-electron chi connectivity index (χ3n) is 7.12. The Bertz CT molecular complexity index is 1300. The second kappa shape index (κ2) is 9.41. The number of nitrogens with zero attached hydrogens (tertiary/aromatic N) is 3. The van der Waals surface area contributed by atoms with Crippen molar-refractivity contribution in [3.63, 3.8) is 0 Å². The first-order chi connectivity index (χ1) is 16.4. The van der Waals surface area contributed by atoms with Crippen LogP contribution in [0.25, 0.3) is 21.5 Å². The minimum absolute atomic E-state index is 0.129. The number of carbonyl (C=O) groups is 1. The molecule has 34 heavy (non-hydrogen) atoms. The lowest BCUT2D eigenvalue weighted by molar-refractivity contribution is 0.100. The number of sulfonamides is 1. The third kappa shape index (κ3) is 4.51. The number of hydrogen-bond acceptors (Lipinski definition) is 6. The van der Waals surface area contributed by atoms with Gasteiger partial charge in [-0.25, -0.2) is 17.7 Å². The van der Waals surface area contributed by atoms with E-state index in [1.54, 1.807) is 22.6 Å². The summed E-state index contributed by atoms with van der Waals surface area (Å²) in [5, 5.41) is 1.86. The van der Waals surface area contributed by atoms with Crippen molar-refractivity contribution in [2.45, 2.75) is 45.1 Å². The van der Waals surface area contributed by atoms with Crippen LogP contribution in [0.15, 0.2) is 24.5 Å². The number of thiazole rings is 1. The van der Waals surface area contributed by atoms with E-state index in [2.05, 4.69) is 20.9 Å². The first-order valence-electron chi connectivity index (χ1n) is 12.0. The molecule has 0 radical (unpaired) electrons. The monoisotopic (exact) mass is 501 g/mol. The Morgan fingerprint density at radius 2 is 1.94 bits per heavy atom. The molecule has 8 nitrogen and oxygen atoms in total. The van der Waals surface area contributed by atoms with Gasteiger partial charge in [-0.2, -0.15) is 0 Å². The van der Waals surface area contributed by atoms with Gasteiger partial charge in [-0.05, 0) is 69.3 Å². The van der Waals surface area contributed by atoms with Crippen LogP contribution in [-0.4, -0.2) is 65.4 Å². The van der Waals surface area contributed by atoms with Gasteiger partial charge in [-0.1, -0.05) is 0 Å². The highest BCUT2D eigenvalue weighted by Gasteiger charge is 2.29. The largest absolute Gasteiger partial charge is 0.366 e. The van der Waals surface area contributed by atoms with E-state index in [-0.39, 0.29) is 11.7 Å². The first-order valence-corrected chi connectivity index (χ1v) is 14.4. The van der Waals surface area contributed by atoms with Crippen molar-refractivity contribution in [1.82, 2.24) is 19.2 Å². The molecule has 182 valence electrons. The summed E-state index contributed by atoms with van der Waals surface area (Å²) in [6.45, 7) is 5.90. The maximum Gasteiger partial charge on any atom is 0.250 e. The Morgan fingerprint density at radius 3 is 2.62 bits per heavy atom. The normalized spacial score (nSPS) is 18.7. The van der Waals surface area contributed by atoms with Crippen molar-refractivity contribution in [2.75, 3.05) is 31.9 Å². The van der Waals surface area contributed by atoms with Crippen molar-refractivity contribution in [1.29, 1.82) is 0 Å². The van der Waals surface area contributed by atoms with Gasteiger partial charge in [0.15, 0.2) is 0 Å². The van der Waals surface area contributed by atoms with E-state index in [1.807, 2.05) is 18.5 Å². The van der Waals surface area contributed by atoms with Crippen LogP contribution in [0.5, 0.6) is 0 Å². The maximum atomic E-state index is 12.3. The molecule has 2 aromatic heterocycles. The quantitative estimate of drug-likeness (QED) is 0.514. The lowest BCUT2D eigenvalue weighted by atomic mass is 9.89. The fourth-order valence-electron chi connectivity index (χ4n) is 5.21. The number of amides is 1. The zero-order valence-corrected chi connectivity index (χ0v) is 21.1. The summed E-state index contributed by atoms with van der Waals surface area (Å²) >= 11 is 1.66. The minimum Gasteiger partial charge on any atom is -0.366 e. The van der Waals surface area contributed by atoms with Crippen LogP contribution in [-0.2, 0) is 16.6 Å². The minimum atomic E-state index is -3.17. The Morgan fingerprint density at radius 1 is 1.21 bits per heavy atom. The molecule has 0 bridgehead atoms. The molecule has 10 heteroatoms. The summed E-state index contributed by atoms with van der Waals surface area (Å²) in [5.41, 5.74) is 8.96. The Balaban J connectivity index is 1.45. The molecule has 2 saturated heterocycles. The van der Waals surface area contributed by atoms with Gasteiger partial charge < -0.3 is 10.7 Å². The number of benzene rings is 1. The summed E-state index contributed by atoms with van der Waals surface area (Å²) in [7, 11) is -3.17. The molecule has 0 aliphatic carbocycles. The molecule has 3 N–H and O–H groups in total. The summed E-state index contributed by atoms with van der Waals surface area (Å²) in [6.07, 6.45) is 7.90. The van der Waals surface area contributed by atoms with Crippen molar-refractivity contribution in [2.24, 2.45) is 5.73 Å². The van der Waals surface area contributed by atoms with E-state index >= 15 is 0 Å². The molecule has 2 fully saturated rings. The van der Waals surface area contributed by atoms with Crippen LogP contribution >= 0.6 is 11.3 Å². The van der Waals surface area contributed by atoms with Crippen LogP contribution in [0.1, 0.15) is 59.3 Å². The summed E-state index contributed by atoms with van der Waals surface area (Å²) in [5.74, 6) is -0.128. The number of carbonyl (C=O) groups excluding carboxylic acids is 1. The number of rotatable bonds is 7. The molecule has 0 unspecified atom stereocenters. The van der Waals surface area contributed by atoms with E-state index in [1.165, 1.54) is 17.7 Å². The average Bonchev–Trinajstić information content (AvgIpc) is 3.60. The molecule has 3 aromatic rings. The second-order valence-corrected chi connectivity index (χ2v) is 12.6. The topological polar surface area (TPSA) is 112 Å². The average molecular weight is 502 g/mol. The SMILES string of the molecule is CCS(=O)(=O)N1CCC(c2c[nH]c3c(C(N)=O)cc(-c4ncc(CN5CCCC5)s4)cc23)CC1. The van der Waals surface area contributed by atoms with Crippen LogP contribution < -0.4 is 5.73 Å². The number of hydrogen-bond donors (Lipinski definition) is 2. The summed E-state index contributed by atoms with van der Waals surface area (Å²) in [4.78, 5) is 23.9. The molecule has 0 atom stereocenters. The molecule has 0 saturated carbocycles. The summed E-state index contributed by atoms with van der Waals surface area (Å²) in [6, 6.07) is 3.93. The Labute approximate surface area is 204 Å². The van der Waals surface area contributed by atoms with Gasteiger partial charge in [0.2, 0.25) is 10.0 Å². The van der Waals surface area contributed by atoms with E-state index in [0.29, 0.717) is 18.7 Å². The second-order valence-electron chi connectivity index (χ2n) is 9.24. The van der Waals surface area contributed by atoms with E-state index < -0.39 is 15.9 Å². The van der Waals surface area contributed by atoms with Gasteiger partial charge in [0.1, 0.15) is 5.01 Å². The fraction of sp³-hybridized carbons (Fsp3) is 0.500. The molecule has 2 aliphatic heterocycles. The highest BCUT2D eigenvalue weighted by molar-refractivity contribution is 7.89. The van der Waals surface area contributed by atoms with Crippen LogP contribution in [0.3, 0.4) is 0 Å². The molecular formula is C24H31N5O3S2. The number of H-pyrrole nitrogens is 1. The standard InChI is InChI=1S/C24H31N5O3S2/c1-2-34(31,32)29-9-5-16(6-10-29)21-14-26-22-19(21)11-17(12-20(22)23(25)30)24-27-13-18(33-24)15-28-7-3-4-8-28/h11-14,16,26H,2-10,15H2,1H3,(H2,25,30). The Kier molecular flexibility index (Phi) is 6.49. The smallest absolute Gasteiger partial charge is 0.250 e. The van der Waals surface area contributed by atoms with Crippen LogP contribution in [0, 0.1) is 0 Å². The van der Waals surface area contributed by atoms with Crippen LogP contribution in [0.4, 0.5) is 0 Å². The number of likely N-dealkylation sites (tertiary alicyclic amines) is 1. The van der Waals surface area contributed by atoms with Crippen molar-refractivity contribution < 1.29 is 13.2 Å². The number of fused-ring (bicyclic) bond motifs is 1. The number of aromatic amines is 1. The van der Waals surface area contributed by atoms with Crippen molar-refractivity contribution >= 4 is 38.2 Å². The number of piperidine rings is 1. The maximum absolute atomic E-state index is 12.3. The van der Waals surface area contributed by atoms with Crippen LogP contribution in [0.2, 0.25) is 0 Å². The van der Waals surface area contributed by atoms with Gasteiger partial charge in [-0.15, -0.1) is 11.3 Å². The number of primary amides is 1. The highest BCUT2D eigenvalue weighted by Crippen LogP contribution is 2.38. The van der Waals surface area contributed by atoms with Gasteiger partial charge in [-0.3, -0.25) is 9.69 Å². The van der Waals surface area contributed by atoms with E-state index in [0.717, 1.165) is 59.5 Å². The number of nitrogens with one attached hydrogen (secondary N) is 1.